The van der Waals surface area contributed by atoms with E-state index in [4.69, 9.17) is 14.2 Å². The highest BCUT2D eigenvalue weighted by molar-refractivity contribution is 5.71. The zero-order valence-corrected chi connectivity index (χ0v) is 43.9. The predicted octanol–water partition coefficient (Wildman–Crippen LogP) is 18.8. The first-order chi connectivity index (χ1) is 33.0. The number of hydrogen-bond donors (Lipinski definition) is 0. The van der Waals surface area contributed by atoms with Gasteiger partial charge in [-0.2, -0.15) is 0 Å². The van der Waals surface area contributed by atoms with Gasteiger partial charge in [-0.25, -0.2) is 0 Å². The zero-order valence-electron chi connectivity index (χ0n) is 43.9. The van der Waals surface area contributed by atoms with E-state index in [1.54, 1.807) is 0 Å². The van der Waals surface area contributed by atoms with Gasteiger partial charge in [0, 0.05) is 19.3 Å². The molecule has 0 aliphatic heterocycles. The Hall–Kier alpha value is -3.41. The van der Waals surface area contributed by atoms with E-state index in [9.17, 15) is 14.4 Å². The van der Waals surface area contributed by atoms with Crippen molar-refractivity contribution in [2.75, 3.05) is 13.2 Å². The van der Waals surface area contributed by atoms with E-state index in [2.05, 4.69) is 106 Å². The van der Waals surface area contributed by atoms with Gasteiger partial charge in [0.1, 0.15) is 13.2 Å². The maximum Gasteiger partial charge on any atom is 0.306 e. The maximum absolute atomic E-state index is 12.8. The molecule has 0 aromatic carbocycles. The molecule has 0 aromatic heterocycles. The van der Waals surface area contributed by atoms with Gasteiger partial charge < -0.3 is 14.2 Å². The Morgan fingerprint density at radius 2 is 0.627 bits per heavy atom. The van der Waals surface area contributed by atoms with E-state index in [-0.39, 0.29) is 31.1 Å². The van der Waals surface area contributed by atoms with Crippen LogP contribution in [0.4, 0.5) is 0 Å². The van der Waals surface area contributed by atoms with Crippen LogP contribution in [0.25, 0.3) is 0 Å². The smallest absolute Gasteiger partial charge is 0.306 e. The molecule has 384 valence electrons. The lowest BCUT2D eigenvalue weighted by Crippen LogP contribution is -2.30. The van der Waals surface area contributed by atoms with E-state index in [0.29, 0.717) is 19.3 Å². The largest absolute Gasteiger partial charge is 0.462 e. The number of ether oxygens (including phenoxy) is 3. The molecule has 0 saturated carbocycles. The lowest BCUT2D eigenvalue weighted by Gasteiger charge is -2.18. The number of unbranched alkanes of at least 4 members (excludes halogenated alkanes) is 26. The molecule has 1 unspecified atom stereocenters. The second-order valence-electron chi connectivity index (χ2n) is 18.5. The van der Waals surface area contributed by atoms with Gasteiger partial charge in [-0.3, -0.25) is 14.4 Å². The Balaban J connectivity index is 4.46. The number of allylic oxidation sites excluding steroid dienone is 14. The van der Waals surface area contributed by atoms with E-state index < -0.39 is 6.10 Å². The van der Waals surface area contributed by atoms with Crippen LogP contribution < -0.4 is 0 Å². The molecule has 0 N–H and O–H groups in total. The van der Waals surface area contributed by atoms with Crippen molar-refractivity contribution in [1.82, 2.24) is 0 Å². The van der Waals surface area contributed by atoms with Crippen molar-refractivity contribution in [3.63, 3.8) is 0 Å². The highest BCUT2D eigenvalue weighted by atomic mass is 16.6. The van der Waals surface area contributed by atoms with Crippen LogP contribution in [0.5, 0.6) is 0 Å². The lowest BCUT2D eigenvalue weighted by molar-refractivity contribution is -0.167. The minimum atomic E-state index is -0.798. The summed E-state index contributed by atoms with van der Waals surface area (Å²) in [7, 11) is 0. The zero-order chi connectivity index (χ0) is 48.6. The Morgan fingerprint density at radius 1 is 0.328 bits per heavy atom. The van der Waals surface area contributed by atoms with Crippen LogP contribution in [-0.4, -0.2) is 37.2 Å². The molecular weight excluding hydrogens is 829 g/mol. The van der Waals surface area contributed by atoms with Crippen LogP contribution >= 0.6 is 0 Å². The quantitative estimate of drug-likeness (QED) is 0.0199. The van der Waals surface area contributed by atoms with Gasteiger partial charge in [0.2, 0.25) is 0 Å². The minimum Gasteiger partial charge on any atom is -0.462 e. The molecule has 0 amide bonds. The molecule has 0 heterocycles. The molecule has 6 heteroatoms. The first-order valence-corrected chi connectivity index (χ1v) is 28.1. The Kier molecular flexibility index (Phi) is 52.4. The minimum absolute atomic E-state index is 0.0948. The number of hydrogen-bond acceptors (Lipinski definition) is 6. The van der Waals surface area contributed by atoms with Crippen molar-refractivity contribution < 1.29 is 28.6 Å². The molecule has 0 aromatic rings. The van der Waals surface area contributed by atoms with Gasteiger partial charge in [-0.05, 0) is 109 Å². The lowest BCUT2D eigenvalue weighted by atomic mass is 10.1. The van der Waals surface area contributed by atoms with Crippen molar-refractivity contribution in [2.24, 2.45) is 0 Å². The standard InChI is InChI=1S/C61H104O6/c1-4-7-10-13-16-19-22-25-28-31-34-36-39-42-45-48-51-54-60(63)66-57-58(67-61(64)55-52-49-46-43-40-37-33-30-27-24-21-18-15-12-9-6-3)56-65-59(62)53-50-47-44-41-38-35-32-29-26-23-20-17-14-11-8-5-2/h9,12,16,18-19,21,25,27-30,32,35,38,58H,4-8,10-11,13-15,17,20,22-24,26,31,33-34,36-37,39-57H2,1-3H3/b12-9-,19-16-,21-18-,28-25-,30-27-,32-29-,38-35-. The summed E-state index contributed by atoms with van der Waals surface area (Å²) < 4.78 is 16.8. The molecule has 1 atom stereocenters. The normalized spacial score (nSPS) is 12.7. The molecule has 6 nitrogen and oxygen atoms in total. The Bertz CT molecular complexity index is 1300. The summed E-state index contributed by atoms with van der Waals surface area (Å²) in [5.74, 6) is -0.938. The van der Waals surface area contributed by atoms with Gasteiger partial charge in [-0.15, -0.1) is 0 Å². The molecule has 0 aliphatic carbocycles. The summed E-state index contributed by atoms with van der Waals surface area (Å²) in [6.07, 6.45) is 71.4. The molecule has 0 bridgehead atoms. The summed E-state index contributed by atoms with van der Waals surface area (Å²) >= 11 is 0. The fourth-order valence-electron chi connectivity index (χ4n) is 7.65. The van der Waals surface area contributed by atoms with Gasteiger partial charge >= 0.3 is 17.9 Å². The van der Waals surface area contributed by atoms with Gasteiger partial charge in [0.25, 0.3) is 0 Å². The van der Waals surface area contributed by atoms with Crippen LogP contribution in [0.3, 0.4) is 0 Å². The topological polar surface area (TPSA) is 78.9 Å². The fraction of sp³-hybridized carbons (Fsp3) is 0.721. The second kappa shape index (κ2) is 55.2. The summed E-state index contributed by atoms with van der Waals surface area (Å²) in [5, 5.41) is 0. The Morgan fingerprint density at radius 3 is 1.04 bits per heavy atom. The molecule has 0 saturated heterocycles. The van der Waals surface area contributed by atoms with E-state index in [1.165, 1.54) is 109 Å². The van der Waals surface area contributed by atoms with Gasteiger partial charge in [-0.1, -0.05) is 221 Å². The third kappa shape index (κ3) is 53.4. The van der Waals surface area contributed by atoms with Crippen molar-refractivity contribution in [3.8, 4) is 0 Å². The van der Waals surface area contributed by atoms with Crippen molar-refractivity contribution in [2.45, 2.75) is 271 Å². The summed E-state index contributed by atoms with van der Waals surface area (Å²) in [5.41, 5.74) is 0. The van der Waals surface area contributed by atoms with Gasteiger partial charge in [0.05, 0.1) is 0 Å². The van der Waals surface area contributed by atoms with Crippen molar-refractivity contribution in [1.29, 1.82) is 0 Å². The van der Waals surface area contributed by atoms with E-state index >= 15 is 0 Å². The molecule has 0 spiro atoms. The molecule has 0 aliphatic rings. The number of carbonyl (C=O) groups is 3. The third-order valence-corrected chi connectivity index (χ3v) is 11.9. The molecule has 67 heavy (non-hydrogen) atoms. The number of rotatable bonds is 50. The highest BCUT2D eigenvalue weighted by Gasteiger charge is 2.19. The van der Waals surface area contributed by atoms with E-state index in [1.807, 2.05) is 0 Å². The van der Waals surface area contributed by atoms with Crippen LogP contribution in [-0.2, 0) is 28.6 Å². The summed E-state index contributed by atoms with van der Waals surface area (Å²) in [4.78, 5) is 38.1. The first-order valence-electron chi connectivity index (χ1n) is 28.1. The van der Waals surface area contributed by atoms with Crippen LogP contribution in [0.2, 0.25) is 0 Å². The van der Waals surface area contributed by atoms with E-state index in [0.717, 1.165) is 116 Å². The highest BCUT2D eigenvalue weighted by Crippen LogP contribution is 2.14. The average Bonchev–Trinajstić information content (AvgIpc) is 3.33. The van der Waals surface area contributed by atoms with Crippen LogP contribution in [0, 0.1) is 0 Å². The Labute approximate surface area is 414 Å². The SMILES string of the molecule is CC/C=C\C/C=C\C/C=C\CCCCCCCCC(=O)OC(COC(=O)CCCCC/C=C\C=C/CCCCCCCCC)COC(=O)CCCCCCCCC/C=C\C/C=C\CCCCC. The van der Waals surface area contributed by atoms with Gasteiger partial charge in [0.15, 0.2) is 6.10 Å². The summed E-state index contributed by atoms with van der Waals surface area (Å²) in [6.45, 7) is 6.47. The second-order valence-corrected chi connectivity index (χ2v) is 18.5. The van der Waals surface area contributed by atoms with Crippen LogP contribution in [0.15, 0.2) is 85.1 Å². The molecule has 0 radical (unpaired) electrons. The predicted molar refractivity (Wildman–Crippen MR) is 288 cm³/mol. The molecule has 0 rings (SSSR count). The number of carbonyl (C=O) groups excluding carboxylic acids is 3. The van der Waals surface area contributed by atoms with Crippen LogP contribution in [0.1, 0.15) is 265 Å². The maximum atomic E-state index is 12.8. The monoisotopic (exact) mass is 933 g/mol. The summed E-state index contributed by atoms with van der Waals surface area (Å²) in [6, 6.07) is 0. The molecular formula is C61H104O6. The first kappa shape index (κ1) is 63.6. The molecule has 0 fully saturated rings. The third-order valence-electron chi connectivity index (χ3n) is 11.9. The number of esters is 3. The average molecular weight is 933 g/mol. The van der Waals surface area contributed by atoms with Crippen molar-refractivity contribution >= 4 is 17.9 Å². The fourth-order valence-corrected chi connectivity index (χ4v) is 7.65. The van der Waals surface area contributed by atoms with Crippen molar-refractivity contribution in [3.05, 3.63) is 85.1 Å².